The molecule has 1 aliphatic heterocycles. The van der Waals surface area contributed by atoms with Crippen molar-refractivity contribution in [2.45, 2.75) is 43.9 Å². The number of aliphatic hydroxyl groups excluding tert-OH is 1. The zero-order valence-corrected chi connectivity index (χ0v) is 15.4. The number of likely N-dealkylation sites (tertiary alicyclic amines) is 1. The number of aliphatic hydroxyl groups is 1. The molecule has 2 aromatic heterocycles. The van der Waals surface area contributed by atoms with Crippen LogP contribution in [0.3, 0.4) is 0 Å². The first-order valence-corrected chi connectivity index (χ1v) is 10.1. The number of rotatable bonds is 5. The number of hydrogen-bond donors (Lipinski definition) is 2. The van der Waals surface area contributed by atoms with E-state index in [1.165, 1.54) is 11.1 Å². The second-order valence-corrected chi connectivity index (χ2v) is 8.18. The third-order valence-corrected chi connectivity index (χ3v) is 6.41. The molecule has 0 spiro atoms. The molecule has 0 radical (unpaired) electrons. The minimum Gasteiger partial charge on any atom is -0.393 e. The number of aromatic nitrogens is 2. The Balaban J connectivity index is 1.34. The van der Waals surface area contributed by atoms with Crippen molar-refractivity contribution >= 4 is 17.2 Å². The van der Waals surface area contributed by atoms with Gasteiger partial charge >= 0.3 is 0 Å². The Kier molecular flexibility index (Phi) is 5.28. The molecule has 1 saturated heterocycles. The quantitative estimate of drug-likeness (QED) is 0.842. The third-order valence-electron chi connectivity index (χ3n) is 5.45. The lowest BCUT2D eigenvalue weighted by molar-refractivity contribution is 0.0202. The summed E-state index contributed by atoms with van der Waals surface area (Å²) in [5, 5.41) is 15.6. The molecule has 26 heavy (non-hydrogen) atoms. The van der Waals surface area contributed by atoms with Gasteiger partial charge in [0.2, 0.25) is 0 Å². The van der Waals surface area contributed by atoms with Crippen LogP contribution < -0.4 is 5.32 Å². The van der Waals surface area contributed by atoms with Crippen LogP contribution in [-0.2, 0) is 0 Å². The summed E-state index contributed by atoms with van der Waals surface area (Å²) in [5.74, 6) is 0.469. The van der Waals surface area contributed by atoms with Crippen LogP contribution >= 0.6 is 11.3 Å². The third kappa shape index (κ3) is 3.79. The second kappa shape index (κ2) is 7.82. The molecule has 2 aromatic rings. The average molecular weight is 372 g/mol. The van der Waals surface area contributed by atoms with Crippen LogP contribution in [0.5, 0.6) is 0 Å². The Morgan fingerprint density at radius 3 is 2.73 bits per heavy atom. The topological polar surface area (TPSA) is 78.4 Å². The Morgan fingerprint density at radius 2 is 2.12 bits per heavy atom. The van der Waals surface area contributed by atoms with Gasteiger partial charge in [-0.1, -0.05) is 6.07 Å². The van der Waals surface area contributed by atoms with E-state index in [0.29, 0.717) is 23.7 Å². The number of thiophene rings is 1. The van der Waals surface area contributed by atoms with Gasteiger partial charge in [0.15, 0.2) is 0 Å². The lowest BCUT2D eigenvalue weighted by atomic mass is 9.76. The van der Waals surface area contributed by atoms with Crippen molar-refractivity contribution in [1.82, 2.24) is 20.2 Å². The number of carbonyl (C=O) groups is 1. The van der Waals surface area contributed by atoms with E-state index in [9.17, 15) is 9.90 Å². The van der Waals surface area contributed by atoms with Gasteiger partial charge in [-0.15, -0.1) is 11.3 Å². The monoisotopic (exact) mass is 372 g/mol. The maximum Gasteiger partial charge on any atom is 0.274 e. The van der Waals surface area contributed by atoms with Gasteiger partial charge < -0.3 is 15.3 Å². The summed E-state index contributed by atoms with van der Waals surface area (Å²) >= 11 is 1.78. The van der Waals surface area contributed by atoms with Gasteiger partial charge in [0.25, 0.3) is 5.91 Å². The Bertz CT molecular complexity index is 710. The highest BCUT2D eigenvalue weighted by Gasteiger charge is 2.37. The average Bonchev–Trinajstić information content (AvgIpc) is 3.19. The molecule has 2 fully saturated rings. The smallest absolute Gasteiger partial charge is 0.274 e. The number of carbonyl (C=O) groups excluding carboxylic acids is 1. The molecule has 1 amide bonds. The van der Waals surface area contributed by atoms with Crippen molar-refractivity contribution in [3.05, 3.63) is 46.7 Å². The summed E-state index contributed by atoms with van der Waals surface area (Å²) in [6, 6.07) is 4.97. The predicted molar refractivity (Wildman–Crippen MR) is 99.9 cm³/mol. The molecule has 3 heterocycles. The van der Waals surface area contributed by atoms with Crippen LogP contribution in [0.2, 0.25) is 0 Å². The van der Waals surface area contributed by atoms with Crippen molar-refractivity contribution < 1.29 is 9.90 Å². The van der Waals surface area contributed by atoms with Crippen LogP contribution in [0.1, 0.15) is 47.1 Å². The molecule has 138 valence electrons. The molecule has 0 bridgehead atoms. The number of nitrogens with one attached hydrogen (secondary N) is 1. The summed E-state index contributed by atoms with van der Waals surface area (Å²) in [7, 11) is 0. The highest BCUT2D eigenvalue weighted by molar-refractivity contribution is 7.10. The fourth-order valence-corrected chi connectivity index (χ4v) is 4.77. The van der Waals surface area contributed by atoms with Gasteiger partial charge in [-0.05, 0) is 43.0 Å². The van der Waals surface area contributed by atoms with Crippen LogP contribution in [0.4, 0.5) is 0 Å². The summed E-state index contributed by atoms with van der Waals surface area (Å²) in [5.41, 5.74) is 0.416. The van der Waals surface area contributed by atoms with Gasteiger partial charge in [-0.25, -0.2) is 4.98 Å². The van der Waals surface area contributed by atoms with Crippen LogP contribution in [-0.4, -0.2) is 51.1 Å². The van der Waals surface area contributed by atoms with Crippen molar-refractivity contribution in [2.24, 2.45) is 5.92 Å². The summed E-state index contributed by atoms with van der Waals surface area (Å²) in [4.78, 5) is 23.8. The minimum atomic E-state index is -0.143. The van der Waals surface area contributed by atoms with E-state index in [1.54, 1.807) is 23.7 Å². The molecule has 2 aliphatic rings. The molecule has 1 saturated carbocycles. The first-order valence-electron chi connectivity index (χ1n) is 9.23. The molecule has 4 rings (SSSR count). The van der Waals surface area contributed by atoms with E-state index in [-0.39, 0.29) is 12.0 Å². The summed E-state index contributed by atoms with van der Waals surface area (Å²) in [6.45, 7) is 1.47. The summed E-state index contributed by atoms with van der Waals surface area (Å²) < 4.78 is 0. The van der Waals surface area contributed by atoms with Crippen molar-refractivity contribution in [2.75, 3.05) is 13.1 Å². The van der Waals surface area contributed by atoms with Gasteiger partial charge in [0, 0.05) is 42.4 Å². The first-order chi connectivity index (χ1) is 12.7. The molecular weight excluding hydrogens is 348 g/mol. The highest BCUT2D eigenvalue weighted by Crippen LogP contribution is 2.40. The molecule has 0 unspecified atom stereocenters. The fraction of sp³-hybridized carbons (Fsp3) is 0.526. The largest absolute Gasteiger partial charge is 0.393 e. The minimum absolute atomic E-state index is 0.0338. The van der Waals surface area contributed by atoms with Crippen molar-refractivity contribution in [3.8, 4) is 0 Å². The molecular formula is C19H24N4O2S. The Labute approximate surface area is 157 Å². The number of nitrogens with zero attached hydrogens (tertiary/aromatic N) is 3. The molecule has 7 heteroatoms. The van der Waals surface area contributed by atoms with Crippen LogP contribution in [0.25, 0.3) is 0 Å². The van der Waals surface area contributed by atoms with E-state index < -0.39 is 0 Å². The maximum atomic E-state index is 12.5. The first kappa shape index (κ1) is 17.6. The number of amides is 1. The number of hydrogen-bond acceptors (Lipinski definition) is 6. The van der Waals surface area contributed by atoms with E-state index in [4.69, 9.17) is 0 Å². The fourth-order valence-electron chi connectivity index (χ4n) is 3.90. The van der Waals surface area contributed by atoms with Crippen LogP contribution in [0, 0.1) is 5.92 Å². The Morgan fingerprint density at radius 1 is 1.31 bits per heavy atom. The SMILES string of the molecule is O=C(c1cnccn1)N1CCC(N[C@H](c2cccs2)C2CC(O)C2)CC1. The van der Waals surface area contributed by atoms with Crippen molar-refractivity contribution in [3.63, 3.8) is 0 Å². The second-order valence-electron chi connectivity index (χ2n) is 7.20. The number of piperidine rings is 1. The molecule has 1 aliphatic carbocycles. The molecule has 0 aromatic carbocycles. The Hall–Kier alpha value is -1.83. The zero-order valence-electron chi connectivity index (χ0n) is 14.6. The molecule has 2 N–H and O–H groups in total. The lowest BCUT2D eigenvalue weighted by Gasteiger charge is -2.41. The summed E-state index contributed by atoms with van der Waals surface area (Å²) in [6.07, 6.45) is 8.14. The van der Waals surface area contributed by atoms with Crippen molar-refractivity contribution in [1.29, 1.82) is 0 Å². The van der Waals surface area contributed by atoms with Gasteiger partial charge in [-0.2, -0.15) is 0 Å². The van der Waals surface area contributed by atoms with E-state index in [1.807, 2.05) is 4.90 Å². The zero-order chi connectivity index (χ0) is 17.9. The molecule has 6 nitrogen and oxygen atoms in total. The van der Waals surface area contributed by atoms with E-state index in [0.717, 1.165) is 38.8 Å². The maximum absolute atomic E-state index is 12.5. The highest BCUT2D eigenvalue weighted by atomic mass is 32.1. The van der Waals surface area contributed by atoms with Crippen LogP contribution in [0.15, 0.2) is 36.1 Å². The lowest BCUT2D eigenvalue weighted by Crippen LogP contribution is -2.48. The van der Waals surface area contributed by atoms with Gasteiger partial charge in [-0.3, -0.25) is 9.78 Å². The molecule has 1 atom stereocenters. The van der Waals surface area contributed by atoms with E-state index >= 15 is 0 Å². The van der Waals surface area contributed by atoms with Gasteiger partial charge in [0.1, 0.15) is 5.69 Å². The predicted octanol–water partition coefficient (Wildman–Crippen LogP) is 2.24. The van der Waals surface area contributed by atoms with Gasteiger partial charge in [0.05, 0.1) is 12.3 Å². The standard InChI is InChI=1S/C19H24N4O2S/c24-15-10-13(11-15)18(17-2-1-9-26-17)22-14-3-7-23(8-4-14)19(25)16-12-20-5-6-21-16/h1-2,5-6,9,12-15,18,22,24H,3-4,7-8,10-11H2/t13?,15?,18-/m0/s1. The van der Waals surface area contributed by atoms with E-state index in [2.05, 4.69) is 32.8 Å². The normalized spacial score (nSPS) is 24.9.